The molecule has 0 aliphatic rings. The number of halogens is 3. The summed E-state index contributed by atoms with van der Waals surface area (Å²) in [5.41, 5.74) is 6.46. The summed E-state index contributed by atoms with van der Waals surface area (Å²) < 4.78 is 61.1. The molecule has 0 fully saturated rings. The van der Waals surface area contributed by atoms with Gasteiger partial charge in [0.25, 0.3) is 0 Å². The number of pyridine rings is 1. The van der Waals surface area contributed by atoms with Gasteiger partial charge in [-0.25, -0.2) is 23.4 Å². The Bertz CT molecular complexity index is 1080. The highest BCUT2D eigenvalue weighted by Crippen LogP contribution is 2.32. The zero-order valence-corrected chi connectivity index (χ0v) is 14.7. The summed E-state index contributed by atoms with van der Waals surface area (Å²) in [5, 5.41) is -0.0855. The molecule has 3 aromatic rings. The van der Waals surface area contributed by atoms with Crippen molar-refractivity contribution < 1.29 is 21.6 Å². The van der Waals surface area contributed by atoms with Crippen molar-refractivity contribution >= 4 is 15.7 Å². The van der Waals surface area contributed by atoms with Gasteiger partial charge in [0, 0.05) is 23.6 Å². The van der Waals surface area contributed by atoms with E-state index in [4.69, 9.17) is 5.73 Å². The minimum Gasteiger partial charge on any atom is -0.382 e. The molecule has 140 valence electrons. The number of hydrogen-bond donors (Lipinski definition) is 1. The van der Waals surface area contributed by atoms with Gasteiger partial charge in [0.05, 0.1) is 17.5 Å². The van der Waals surface area contributed by atoms with Crippen molar-refractivity contribution in [2.45, 2.75) is 11.2 Å². The molecule has 1 aromatic carbocycles. The van der Waals surface area contributed by atoms with Gasteiger partial charge >= 0.3 is 6.18 Å². The van der Waals surface area contributed by atoms with Crippen LogP contribution in [0.15, 0.2) is 53.8 Å². The van der Waals surface area contributed by atoms with E-state index >= 15 is 0 Å². The lowest BCUT2D eigenvalue weighted by Gasteiger charge is -2.10. The van der Waals surface area contributed by atoms with Crippen LogP contribution in [0.2, 0.25) is 0 Å². The highest BCUT2D eigenvalue weighted by molar-refractivity contribution is 7.90. The molecule has 0 radical (unpaired) electrons. The number of rotatable bonds is 3. The van der Waals surface area contributed by atoms with Crippen molar-refractivity contribution in [3.8, 4) is 22.5 Å². The van der Waals surface area contributed by atoms with E-state index in [0.717, 1.165) is 18.4 Å². The number of nitrogens with zero attached hydrogens (tertiary/aromatic N) is 3. The van der Waals surface area contributed by atoms with E-state index in [1.165, 1.54) is 36.7 Å². The predicted molar refractivity (Wildman–Crippen MR) is 93.2 cm³/mol. The molecule has 0 bridgehead atoms. The molecule has 0 aliphatic heterocycles. The van der Waals surface area contributed by atoms with Crippen molar-refractivity contribution in [2.24, 2.45) is 0 Å². The van der Waals surface area contributed by atoms with E-state index in [1.54, 1.807) is 0 Å². The largest absolute Gasteiger partial charge is 0.416 e. The van der Waals surface area contributed by atoms with Crippen LogP contribution in [0.5, 0.6) is 0 Å². The zero-order chi connectivity index (χ0) is 19.8. The van der Waals surface area contributed by atoms with Gasteiger partial charge in [-0.2, -0.15) is 13.2 Å². The third kappa shape index (κ3) is 4.05. The maximum atomic E-state index is 12.7. The molecule has 0 aliphatic carbocycles. The standard InChI is InChI=1S/C17H13F3N4O2S/c1-27(25,26)14-7-4-11(8-22-14)13-9-23-16(21)15(24-13)10-2-5-12(6-3-10)17(18,19)20/h2-9H,1H3,(H2,21,23). The van der Waals surface area contributed by atoms with Crippen LogP contribution in [-0.2, 0) is 16.0 Å². The van der Waals surface area contributed by atoms with Gasteiger partial charge < -0.3 is 5.73 Å². The summed E-state index contributed by atoms with van der Waals surface area (Å²) in [6, 6.07) is 7.24. The second-order valence-corrected chi connectivity index (χ2v) is 7.68. The van der Waals surface area contributed by atoms with E-state index in [-0.39, 0.29) is 16.5 Å². The molecule has 3 rings (SSSR count). The molecule has 6 nitrogen and oxygen atoms in total. The summed E-state index contributed by atoms with van der Waals surface area (Å²) in [5.74, 6) is 0.0548. The lowest BCUT2D eigenvalue weighted by Crippen LogP contribution is -2.05. The first-order valence-electron chi connectivity index (χ1n) is 7.52. The summed E-state index contributed by atoms with van der Waals surface area (Å²) in [6.45, 7) is 0. The van der Waals surface area contributed by atoms with Crippen LogP contribution in [0, 0.1) is 0 Å². The Morgan fingerprint density at radius 1 is 0.926 bits per heavy atom. The van der Waals surface area contributed by atoms with Crippen molar-refractivity contribution in [1.29, 1.82) is 0 Å². The molecular weight excluding hydrogens is 381 g/mol. The van der Waals surface area contributed by atoms with Crippen molar-refractivity contribution in [1.82, 2.24) is 15.0 Å². The Hall–Kier alpha value is -3.01. The fraction of sp³-hybridized carbons (Fsp3) is 0.118. The molecule has 27 heavy (non-hydrogen) atoms. The Morgan fingerprint density at radius 2 is 1.56 bits per heavy atom. The third-order valence-electron chi connectivity index (χ3n) is 3.70. The highest BCUT2D eigenvalue weighted by Gasteiger charge is 2.30. The lowest BCUT2D eigenvalue weighted by molar-refractivity contribution is -0.137. The lowest BCUT2D eigenvalue weighted by atomic mass is 10.1. The minimum absolute atomic E-state index is 0.0548. The minimum atomic E-state index is -4.44. The molecule has 0 amide bonds. The van der Waals surface area contributed by atoms with Gasteiger partial charge in [-0.05, 0) is 24.3 Å². The maximum Gasteiger partial charge on any atom is 0.416 e. The molecule has 2 heterocycles. The van der Waals surface area contributed by atoms with Gasteiger partial charge in [0.15, 0.2) is 14.9 Å². The highest BCUT2D eigenvalue weighted by atomic mass is 32.2. The van der Waals surface area contributed by atoms with Crippen molar-refractivity contribution in [3.05, 3.63) is 54.4 Å². The number of sulfone groups is 1. The fourth-order valence-electron chi connectivity index (χ4n) is 2.32. The second kappa shape index (κ2) is 6.62. The molecule has 10 heteroatoms. The third-order valence-corrected chi connectivity index (χ3v) is 4.70. The molecule has 0 saturated carbocycles. The molecule has 0 atom stereocenters. The maximum absolute atomic E-state index is 12.7. The Morgan fingerprint density at radius 3 is 2.07 bits per heavy atom. The monoisotopic (exact) mass is 394 g/mol. The Labute approximate surface area is 152 Å². The van der Waals surface area contributed by atoms with E-state index in [1.807, 2.05) is 0 Å². The van der Waals surface area contributed by atoms with Crippen LogP contribution in [0.25, 0.3) is 22.5 Å². The van der Waals surface area contributed by atoms with E-state index in [0.29, 0.717) is 16.8 Å². The van der Waals surface area contributed by atoms with Gasteiger partial charge in [0.1, 0.15) is 11.5 Å². The predicted octanol–water partition coefficient (Wildman–Crippen LogP) is 3.21. The quantitative estimate of drug-likeness (QED) is 0.732. The Balaban J connectivity index is 2.00. The summed E-state index contributed by atoms with van der Waals surface area (Å²) in [6.07, 6.45) is -0.696. The van der Waals surface area contributed by atoms with Crippen LogP contribution in [0.3, 0.4) is 0 Å². The number of hydrogen-bond acceptors (Lipinski definition) is 6. The molecule has 2 aromatic heterocycles. The number of alkyl halides is 3. The van der Waals surface area contributed by atoms with E-state index in [2.05, 4.69) is 15.0 Å². The molecule has 0 saturated heterocycles. The first kappa shape index (κ1) is 18.8. The summed E-state index contributed by atoms with van der Waals surface area (Å²) in [7, 11) is -3.43. The number of benzene rings is 1. The van der Waals surface area contributed by atoms with Gasteiger partial charge in [-0.3, -0.25) is 0 Å². The summed E-state index contributed by atoms with van der Waals surface area (Å²) >= 11 is 0. The Kier molecular flexibility index (Phi) is 4.60. The summed E-state index contributed by atoms with van der Waals surface area (Å²) in [4.78, 5) is 12.2. The second-order valence-electron chi connectivity index (χ2n) is 5.72. The van der Waals surface area contributed by atoms with Crippen LogP contribution >= 0.6 is 0 Å². The van der Waals surface area contributed by atoms with E-state index in [9.17, 15) is 21.6 Å². The van der Waals surface area contributed by atoms with E-state index < -0.39 is 21.6 Å². The number of aromatic nitrogens is 3. The SMILES string of the molecule is CS(=O)(=O)c1ccc(-c2cnc(N)c(-c3ccc(C(F)(F)F)cc3)n2)cn1. The zero-order valence-electron chi connectivity index (χ0n) is 13.9. The first-order chi connectivity index (χ1) is 12.6. The number of nitrogen functional groups attached to an aromatic ring is 1. The smallest absolute Gasteiger partial charge is 0.382 e. The molecule has 0 unspecified atom stereocenters. The average Bonchev–Trinajstić information content (AvgIpc) is 2.61. The van der Waals surface area contributed by atoms with Crippen molar-refractivity contribution in [3.63, 3.8) is 0 Å². The van der Waals surface area contributed by atoms with Gasteiger partial charge in [0.2, 0.25) is 0 Å². The average molecular weight is 394 g/mol. The number of nitrogens with two attached hydrogens (primary N) is 1. The van der Waals surface area contributed by atoms with Crippen LogP contribution in [-0.4, -0.2) is 29.6 Å². The van der Waals surface area contributed by atoms with Crippen LogP contribution in [0.1, 0.15) is 5.56 Å². The van der Waals surface area contributed by atoms with Crippen molar-refractivity contribution in [2.75, 3.05) is 12.0 Å². The number of anilines is 1. The first-order valence-corrected chi connectivity index (χ1v) is 9.41. The topological polar surface area (TPSA) is 98.8 Å². The van der Waals surface area contributed by atoms with Gasteiger partial charge in [-0.1, -0.05) is 12.1 Å². The normalized spacial score (nSPS) is 12.1. The van der Waals surface area contributed by atoms with Crippen LogP contribution in [0.4, 0.5) is 19.0 Å². The van der Waals surface area contributed by atoms with Gasteiger partial charge in [-0.15, -0.1) is 0 Å². The van der Waals surface area contributed by atoms with Crippen LogP contribution < -0.4 is 5.73 Å². The molecule has 0 spiro atoms. The molecular formula is C17H13F3N4O2S. The molecule has 2 N–H and O–H groups in total. The fourth-order valence-corrected chi connectivity index (χ4v) is 2.88.